The zero-order chi connectivity index (χ0) is 19.7. The van der Waals surface area contributed by atoms with E-state index < -0.39 is 11.7 Å². The summed E-state index contributed by atoms with van der Waals surface area (Å²) in [6.45, 7) is 3.57. The van der Waals surface area contributed by atoms with E-state index in [0.29, 0.717) is 18.8 Å². The lowest BCUT2D eigenvalue weighted by atomic mass is 10.1. The topological polar surface area (TPSA) is 19.4 Å². The summed E-state index contributed by atoms with van der Waals surface area (Å²) in [4.78, 5) is 8.94. The van der Waals surface area contributed by atoms with Crippen LogP contribution < -0.4 is 4.90 Å². The van der Waals surface area contributed by atoms with Gasteiger partial charge in [-0.15, -0.1) is 0 Å². The van der Waals surface area contributed by atoms with Crippen molar-refractivity contribution in [3.8, 4) is 0 Å². The van der Waals surface area contributed by atoms with Crippen molar-refractivity contribution in [2.24, 2.45) is 0 Å². The number of rotatable bonds is 3. The van der Waals surface area contributed by atoms with E-state index in [-0.39, 0.29) is 5.02 Å². The summed E-state index contributed by atoms with van der Waals surface area (Å²) < 4.78 is 39.3. The van der Waals surface area contributed by atoms with E-state index in [2.05, 4.69) is 11.0 Å². The number of halogens is 4. The molecule has 3 aromatic rings. The van der Waals surface area contributed by atoms with Gasteiger partial charge in [-0.1, -0.05) is 35.9 Å². The standard InChI is InChI=1S/C21H19ClF3N3/c22-19-8-7-17(13-18(19)21(23,24)25)28-11-9-27(10-12-28)14-16-6-5-15-3-1-2-4-20(15)26-16/h1-8,13H,9-12,14H2. The molecule has 3 nitrogen and oxygen atoms in total. The number of fused-ring (bicyclic) bond motifs is 1. The van der Waals surface area contributed by atoms with Crippen LogP contribution in [0.15, 0.2) is 54.6 Å². The molecule has 1 aromatic heterocycles. The van der Waals surface area contributed by atoms with E-state index >= 15 is 0 Å². The lowest BCUT2D eigenvalue weighted by Gasteiger charge is -2.36. The van der Waals surface area contributed by atoms with E-state index in [1.165, 1.54) is 6.07 Å². The first kappa shape index (κ1) is 19.0. The molecule has 0 amide bonds. The van der Waals surface area contributed by atoms with Crippen molar-refractivity contribution in [3.63, 3.8) is 0 Å². The predicted molar refractivity (Wildman–Crippen MR) is 106 cm³/mol. The molecule has 146 valence electrons. The van der Waals surface area contributed by atoms with Gasteiger partial charge in [0.1, 0.15) is 0 Å². The molecule has 0 N–H and O–H groups in total. The molecule has 0 bridgehead atoms. The molecule has 0 spiro atoms. The highest BCUT2D eigenvalue weighted by molar-refractivity contribution is 6.31. The summed E-state index contributed by atoms with van der Waals surface area (Å²) in [5.74, 6) is 0. The van der Waals surface area contributed by atoms with E-state index in [9.17, 15) is 13.2 Å². The molecule has 2 heterocycles. The van der Waals surface area contributed by atoms with Gasteiger partial charge in [-0.3, -0.25) is 9.88 Å². The molecule has 1 saturated heterocycles. The minimum Gasteiger partial charge on any atom is -0.369 e. The van der Waals surface area contributed by atoms with Crippen molar-refractivity contribution in [1.82, 2.24) is 9.88 Å². The summed E-state index contributed by atoms with van der Waals surface area (Å²) in [7, 11) is 0. The fraction of sp³-hybridized carbons (Fsp3) is 0.286. The smallest absolute Gasteiger partial charge is 0.369 e. The maximum atomic E-state index is 13.1. The van der Waals surface area contributed by atoms with Crippen LogP contribution in [0.3, 0.4) is 0 Å². The van der Waals surface area contributed by atoms with Crippen molar-refractivity contribution in [2.75, 3.05) is 31.1 Å². The molecule has 4 rings (SSSR count). The molecule has 1 aliphatic heterocycles. The molecule has 0 unspecified atom stereocenters. The molecule has 28 heavy (non-hydrogen) atoms. The minimum atomic E-state index is -4.45. The average molecular weight is 406 g/mol. The molecule has 0 saturated carbocycles. The Morgan fingerprint density at radius 3 is 2.43 bits per heavy atom. The van der Waals surface area contributed by atoms with Gasteiger partial charge in [0.2, 0.25) is 0 Å². The third-order valence-electron chi connectivity index (χ3n) is 5.03. The van der Waals surface area contributed by atoms with Crippen LogP contribution in [-0.2, 0) is 12.7 Å². The Hall–Kier alpha value is -2.31. The van der Waals surface area contributed by atoms with Gasteiger partial charge in [0, 0.05) is 43.8 Å². The molecule has 1 fully saturated rings. The lowest BCUT2D eigenvalue weighted by Crippen LogP contribution is -2.46. The van der Waals surface area contributed by atoms with Gasteiger partial charge in [-0.05, 0) is 30.3 Å². The van der Waals surface area contributed by atoms with Crippen LogP contribution >= 0.6 is 11.6 Å². The Balaban J connectivity index is 1.42. The van der Waals surface area contributed by atoms with Gasteiger partial charge in [0.25, 0.3) is 0 Å². The highest BCUT2D eigenvalue weighted by atomic mass is 35.5. The minimum absolute atomic E-state index is 0.266. The molecule has 0 atom stereocenters. The van der Waals surface area contributed by atoms with Crippen molar-refractivity contribution < 1.29 is 13.2 Å². The number of aromatic nitrogens is 1. The molecule has 7 heteroatoms. The largest absolute Gasteiger partial charge is 0.417 e. The Morgan fingerprint density at radius 2 is 1.68 bits per heavy atom. The molecular formula is C21H19ClF3N3. The second-order valence-electron chi connectivity index (χ2n) is 6.92. The maximum absolute atomic E-state index is 13.1. The fourth-order valence-corrected chi connectivity index (χ4v) is 3.74. The van der Waals surface area contributed by atoms with Gasteiger partial charge < -0.3 is 4.90 Å². The van der Waals surface area contributed by atoms with Crippen LogP contribution in [0.4, 0.5) is 18.9 Å². The van der Waals surface area contributed by atoms with Crippen LogP contribution in [0.5, 0.6) is 0 Å². The highest BCUT2D eigenvalue weighted by Gasteiger charge is 2.34. The number of alkyl halides is 3. The number of para-hydroxylation sites is 1. The van der Waals surface area contributed by atoms with Crippen LogP contribution in [-0.4, -0.2) is 36.1 Å². The van der Waals surface area contributed by atoms with E-state index in [1.807, 2.05) is 35.2 Å². The Morgan fingerprint density at radius 1 is 0.929 bits per heavy atom. The van der Waals surface area contributed by atoms with Crippen molar-refractivity contribution in [1.29, 1.82) is 0 Å². The van der Waals surface area contributed by atoms with Crippen molar-refractivity contribution in [3.05, 3.63) is 70.9 Å². The van der Waals surface area contributed by atoms with Crippen molar-refractivity contribution in [2.45, 2.75) is 12.7 Å². The number of hydrogen-bond donors (Lipinski definition) is 0. The second kappa shape index (κ2) is 7.60. The van der Waals surface area contributed by atoms with E-state index in [4.69, 9.17) is 16.6 Å². The Kier molecular flexibility index (Phi) is 5.17. The Bertz CT molecular complexity index is 982. The summed E-state index contributed by atoms with van der Waals surface area (Å²) >= 11 is 5.72. The third-order valence-corrected chi connectivity index (χ3v) is 5.36. The Labute approximate surface area is 166 Å². The zero-order valence-electron chi connectivity index (χ0n) is 15.1. The highest BCUT2D eigenvalue weighted by Crippen LogP contribution is 2.37. The SMILES string of the molecule is FC(F)(F)c1cc(N2CCN(Cc3ccc4ccccc4n3)CC2)ccc1Cl. The van der Waals surface area contributed by atoms with Gasteiger partial charge in [0.05, 0.1) is 21.8 Å². The van der Waals surface area contributed by atoms with Crippen LogP contribution in [0.1, 0.15) is 11.3 Å². The lowest BCUT2D eigenvalue weighted by molar-refractivity contribution is -0.137. The van der Waals surface area contributed by atoms with Gasteiger partial charge in [-0.25, -0.2) is 0 Å². The third kappa shape index (κ3) is 4.08. The van der Waals surface area contributed by atoms with Crippen molar-refractivity contribution >= 4 is 28.2 Å². The number of nitrogens with zero attached hydrogens (tertiary/aromatic N) is 3. The van der Waals surface area contributed by atoms with E-state index in [0.717, 1.165) is 42.3 Å². The first-order valence-electron chi connectivity index (χ1n) is 9.09. The summed E-state index contributed by atoms with van der Waals surface area (Å²) in [5.41, 5.74) is 1.74. The second-order valence-corrected chi connectivity index (χ2v) is 7.33. The average Bonchev–Trinajstić information content (AvgIpc) is 2.68. The molecule has 0 radical (unpaired) electrons. The number of pyridine rings is 1. The number of hydrogen-bond acceptors (Lipinski definition) is 3. The van der Waals surface area contributed by atoms with Gasteiger partial charge in [-0.2, -0.15) is 13.2 Å². The first-order valence-corrected chi connectivity index (χ1v) is 9.47. The monoisotopic (exact) mass is 405 g/mol. The quantitative estimate of drug-likeness (QED) is 0.595. The van der Waals surface area contributed by atoms with Crippen LogP contribution in [0.2, 0.25) is 5.02 Å². The van der Waals surface area contributed by atoms with Gasteiger partial charge in [0.15, 0.2) is 0 Å². The van der Waals surface area contributed by atoms with Crippen LogP contribution in [0.25, 0.3) is 10.9 Å². The normalized spacial score (nSPS) is 15.9. The molecule has 0 aliphatic carbocycles. The first-order chi connectivity index (χ1) is 13.4. The maximum Gasteiger partial charge on any atom is 0.417 e. The molecular weight excluding hydrogens is 387 g/mol. The number of benzene rings is 2. The summed E-state index contributed by atoms with van der Waals surface area (Å²) in [6.07, 6.45) is -4.45. The van der Waals surface area contributed by atoms with E-state index in [1.54, 1.807) is 6.07 Å². The summed E-state index contributed by atoms with van der Waals surface area (Å²) in [6, 6.07) is 16.2. The molecule has 1 aliphatic rings. The summed E-state index contributed by atoms with van der Waals surface area (Å²) in [5, 5.41) is 0.844. The molecule has 2 aromatic carbocycles. The van der Waals surface area contributed by atoms with Gasteiger partial charge >= 0.3 is 6.18 Å². The predicted octanol–water partition coefficient (Wildman–Crippen LogP) is 5.23. The van der Waals surface area contributed by atoms with Crippen LogP contribution in [0, 0.1) is 0 Å². The zero-order valence-corrected chi connectivity index (χ0v) is 15.8. The fourth-order valence-electron chi connectivity index (χ4n) is 3.52. The number of piperazine rings is 1. The number of anilines is 1.